The second-order valence-corrected chi connectivity index (χ2v) is 5.85. The third-order valence-corrected chi connectivity index (χ3v) is 4.05. The Morgan fingerprint density at radius 2 is 1.67 bits per heavy atom. The molecule has 2 aromatic heterocycles. The van der Waals surface area contributed by atoms with Crippen LogP contribution in [0.25, 0.3) is 22.0 Å². The Bertz CT molecular complexity index is 1110. The van der Waals surface area contributed by atoms with E-state index in [-0.39, 0.29) is 0 Å². The number of amides is 2. The van der Waals surface area contributed by atoms with Crippen LogP contribution in [0, 0.1) is 0 Å². The first-order chi connectivity index (χ1) is 13.2. The van der Waals surface area contributed by atoms with Gasteiger partial charge in [0.05, 0.1) is 5.52 Å². The molecule has 0 aliphatic rings. The highest BCUT2D eigenvalue weighted by Gasteiger charge is 2.12. The van der Waals surface area contributed by atoms with Crippen LogP contribution in [0.4, 0.5) is 10.5 Å². The molecular formula is C21H16N4O2. The standard InChI is InChI=1S/C21H16N4O2/c22-21(26)25-14-7-9-15(10-8-14)27-20-18(5-3-12-24-20)16-11-13-23-19-6-2-1-4-17(16)19/h1-13H,(H3,22,25,26). The van der Waals surface area contributed by atoms with Crippen molar-refractivity contribution in [3.8, 4) is 22.8 Å². The maximum Gasteiger partial charge on any atom is 0.316 e. The summed E-state index contributed by atoms with van der Waals surface area (Å²) in [5, 5.41) is 3.54. The molecule has 0 aliphatic heterocycles. The zero-order valence-corrected chi connectivity index (χ0v) is 14.3. The van der Waals surface area contributed by atoms with E-state index < -0.39 is 6.03 Å². The maximum absolute atomic E-state index is 10.9. The summed E-state index contributed by atoms with van der Waals surface area (Å²) in [5.41, 5.74) is 8.49. The van der Waals surface area contributed by atoms with E-state index in [9.17, 15) is 4.79 Å². The molecule has 2 heterocycles. The molecule has 2 amide bonds. The number of rotatable bonds is 4. The summed E-state index contributed by atoms with van der Waals surface area (Å²) in [6.45, 7) is 0. The third-order valence-electron chi connectivity index (χ3n) is 4.05. The van der Waals surface area contributed by atoms with Gasteiger partial charge < -0.3 is 15.8 Å². The smallest absolute Gasteiger partial charge is 0.316 e. The van der Waals surface area contributed by atoms with Crippen molar-refractivity contribution in [2.45, 2.75) is 0 Å². The van der Waals surface area contributed by atoms with E-state index in [0.717, 1.165) is 22.0 Å². The number of fused-ring (bicyclic) bond motifs is 1. The molecule has 6 heteroatoms. The van der Waals surface area contributed by atoms with Crippen LogP contribution in [0.2, 0.25) is 0 Å². The van der Waals surface area contributed by atoms with Crippen molar-refractivity contribution in [2.75, 3.05) is 5.32 Å². The highest BCUT2D eigenvalue weighted by molar-refractivity contribution is 5.95. The van der Waals surface area contributed by atoms with E-state index >= 15 is 0 Å². The third kappa shape index (κ3) is 3.55. The Morgan fingerprint density at radius 3 is 2.48 bits per heavy atom. The first kappa shape index (κ1) is 16.5. The lowest BCUT2D eigenvalue weighted by atomic mass is 10.0. The molecule has 0 atom stereocenters. The highest BCUT2D eigenvalue weighted by atomic mass is 16.5. The zero-order valence-electron chi connectivity index (χ0n) is 14.3. The van der Waals surface area contributed by atoms with Gasteiger partial charge in [0.2, 0.25) is 5.88 Å². The zero-order chi connectivity index (χ0) is 18.6. The number of urea groups is 1. The second kappa shape index (κ2) is 7.13. The molecule has 0 spiro atoms. The molecule has 27 heavy (non-hydrogen) atoms. The van der Waals surface area contributed by atoms with Gasteiger partial charge in [0.25, 0.3) is 0 Å². The normalized spacial score (nSPS) is 10.5. The molecular weight excluding hydrogens is 340 g/mol. The first-order valence-electron chi connectivity index (χ1n) is 8.34. The lowest BCUT2D eigenvalue weighted by molar-refractivity contribution is 0.259. The molecule has 0 aliphatic carbocycles. The Balaban J connectivity index is 1.70. The number of aromatic nitrogens is 2. The number of hydrogen-bond donors (Lipinski definition) is 2. The topological polar surface area (TPSA) is 90.1 Å². The number of pyridine rings is 2. The van der Waals surface area contributed by atoms with E-state index in [0.29, 0.717) is 17.3 Å². The Hall–Kier alpha value is -3.93. The molecule has 0 saturated carbocycles. The number of nitrogens with one attached hydrogen (secondary N) is 1. The number of carbonyl (C=O) groups is 1. The van der Waals surface area contributed by atoms with Crippen LogP contribution < -0.4 is 15.8 Å². The molecule has 0 saturated heterocycles. The minimum absolute atomic E-state index is 0.490. The molecule has 2 aromatic carbocycles. The van der Waals surface area contributed by atoms with Crippen LogP contribution in [0.5, 0.6) is 11.6 Å². The summed E-state index contributed by atoms with van der Waals surface area (Å²) >= 11 is 0. The number of primary amides is 1. The van der Waals surface area contributed by atoms with Crippen LogP contribution in [-0.4, -0.2) is 16.0 Å². The number of carbonyl (C=O) groups excluding carboxylic acids is 1. The molecule has 0 fully saturated rings. The molecule has 4 aromatic rings. The van der Waals surface area contributed by atoms with Gasteiger partial charge in [0.15, 0.2) is 0 Å². The van der Waals surface area contributed by atoms with E-state index in [1.54, 1.807) is 36.7 Å². The molecule has 132 valence electrons. The van der Waals surface area contributed by atoms with Gasteiger partial charge in [-0.15, -0.1) is 0 Å². The van der Waals surface area contributed by atoms with Crippen molar-refractivity contribution in [1.82, 2.24) is 9.97 Å². The van der Waals surface area contributed by atoms with Gasteiger partial charge in [0.1, 0.15) is 5.75 Å². The summed E-state index contributed by atoms with van der Waals surface area (Å²) in [5.74, 6) is 1.09. The molecule has 0 unspecified atom stereocenters. The Kier molecular flexibility index (Phi) is 4.37. The van der Waals surface area contributed by atoms with Gasteiger partial charge in [-0.25, -0.2) is 9.78 Å². The first-order valence-corrected chi connectivity index (χ1v) is 8.34. The fourth-order valence-electron chi connectivity index (χ4n) is 2.87. The van der Waals surface area contributed by atoms with E-state index in [1.807, 2.05) is 42.5 Å². The summed E-state index contributed by atoms with van der Waals surface area (Å²) in [7, 11) is 0. The van der Waals surface area contributed by atoms with E-state index in [4.69, 9.17) is 10.5 Å². The van der Waals surface area contributed by atoms with Crippen molar-refractivity contribution in [2.24, 2.45) is 5.73 Å². The fraction of sp³-hybridized carbons (Fsp3) is 0. The van der Waals surface area contributed by atoms with Gasteiger partial charge >= 0.3 is 6.03 Å². The van der Waals surface area contributed by atoms with Crippen LogP contribution in [0.1, 0.15) is 0 Å². The summed E-state index contributed by atoms with van der Waals surface area (Å²) in [6, 6.07) is 20.0. The average Bonchev–Trinajstić information content (AvgIpc) is 2.69. The van der Waals surface area contributed by atoms with Crippen LogP contribution in [0.15, 0.2) is 79.1 Å². The summed E-state index contributed by atoms with van der Waals surface area (Å²) in [6.07, 6.45) is 3.46. The minimum Gasteiger partial charge on any atom is -0.438 e. The van der Waals surface area contributed by atoms with Gasteiger partial charge in [-0.05, 0) is 54.1 Å². The van der Waals surface area contributed by atoms with Crippen molar-refractivity contribution >= 4 is 22.6 Å². The fourth-order valence-corrected chi connectivity index (χ4v) is 2.87. The van der Waals surface area contributed by atoms with Crippen molar-refractivity contribution < 1.29 is 9.53 Å². The van der Waals surface area contributed by atoms with Crippen molar-refractivity contribution in [3.63, 3.8) is 0 Å². The summed E-state index contributed by atoms with van der Waals surface area (Å²) < 4.78 is 6.00. The lowest BCUT2D eigenvalue weighted by Gasteiger charge is -2.12. The number of nitrogens with two attached hydrogens (primary N) is 1. The van der Waals surface area contributed by atoms with Gasteiger partial charge in [0, 0.05) is 29.0 Å². The second-order valence-electron chi connectivity index (χ2n) is 5.85. The molecule has 0 radical (unpaired) electrons. The number of anilines is 1. The average molecular weight is 356 g/mol. The van der Waals surface area contributed by atoms with Gasteiger partial charge in [-0.2, -0.15) is 0 Å². The van der Waals surface area contributed by atoms with E-state index in [2.05, 4.69) is 15.3 Å². The van der Waals surface area contributed by atoms with E-state index in [1.165, 1.54) is 0 Å². The van der Waals surface area contributed by atoms with Gasteiger partial charge in [-0.3, -0.25) is 4.98 Å². The molecule has 3 N–H and O–H groups in total. The van der Waals surface area contributed by atoms with Crippen molar-refractivity contribution in [3.05, 3.63) is 79.1 Å². The largest absolute Gasteiger partial charge is 0.438 e. The maximum atomic E-state index is 10.9. The Morgan fingerprint density at radius 1 is 0.852 bits per heavy atom. The number of para-hydroxylation sites is 1. The monoisotopic (exact) mass is 356 g/mol. The predicted molar refractivity (Wildman–Crippen MR) is 105 cm³/mol. The molecule has 4 rings (SSSR count). The van der Waals surface area contributed by atoms with Crippen LogP contribution in [0.3, 0.4) is 0 Å². The summed E-state index contributed by atoms with van der Waals surface area (Å²) in [4.78, 5) is 19.7. The molecule has 0 bridgehead atoms. The number of nitrogens with zero attached hydrogens (tertiary/aromatic N) is 2. The highest BCUT2D eigenvalue weighted by Crippen LogP contribution is 2.35. The molecule has 6 nitrogen and oxygen atoms in total. The van der Waals surface area contributed by atoms with Crippen molar-refractivity contribution in [1.29, 1.82) is 0 Å². The quantitative estimate of drug-likeness (QED) is 0.560. The number of ether oxygens (including phenoxy) is 1. The SMILES string of the molecule is NC(=O)Nc1ccc(Oc2ncccc2-c2ccnc3ccccc23)cc1. The van der Waals surface area contributed by atoms with Crippen LogP contribution in [-0.2, 0) is 0 Å². The Labute approximate surface area is 155 Å². The van der Waals surface area contributed by atoms with Crippen LogP contribution >= 0.6 is 0 Å². The minimum atomic E-state index is -0.611. The predicted octanol–water partition coefficient (Wildman–Crippen LogP) is 4.58. The lowest BCUT2D eigenvalue weighted by Crippen LogP contribution is -2.19. The number of benzene rings is 2. The number of hydrogen-bond acceptors (Lipinski definition) is 4. The van der Waals surface area contributed by atoms with Gasteiger partial charge in [-0.1, -0.05) is 18.2 Å².